The topological polar surface area (TPSA) is 65.0 Å². The third-order valence-corrected chi connectivity index (χ3v) is 4.46. The summed E-state index contributed by atoms with van der Waals surface area (Å²) in [5, 5.41) is 6.93. The highest BCUT2D eigenvalue weighted by molar-refractivity contribution is 7.14. The van der Waals surface area contributed by atoms with E-state index in [1.165, 1.54) is 11.3 Å². The maximum atomic E-state index is 5.35. The molecular formula is C19H19N3O3S. The number of thiazole rings is 1. The number of hydrogen-bond acceptors (Lipinski definition) is 7. The van der Waals surface area contributed by atoms with E-state index in [4.69, 9.17) is 14.2 Å². The minimum Gasteiger partial charge on any atom is -0.497 e. The van der Waals surface area contributed by atoms with Crippen LogP contribution in [0.5, 0.6) is 17.2 Å². The average molecular weight is 369 g/mol. The number of rotatable bonds is 7. The molecule has 3 aromatic rings. The van der Waals surface area contributed by atoms with E-state index in [9.17, 15) is 0 Å². The molecule has 0 atom stereocenters. The number of hydrazone groups is 1. The molecule has 1 N–H and O–H groups in total. The van der Waals surface area contributed by atoms with Gasteiger partial charge in [-0.05, 0) is 36.4 Å². The van der Waals surface area contributed by atoms with Crippen LogP contribution in [0.3, 0.4) is 0 Å². The van der Waals surface area contributed by atoms with E-state index in [1.54, 1.807) is 27.5 Å². The largest absolute Gasteiger partial charge is 0.497 e. The van der Waals surface area contributed by atoms with E-state index >= 15 is 0 Å². The first-order valence-electron chi connectivity index (χ1n) is 7.85. The Kier molecular flexibility index (Phi) is 5.70. The SMILES string of the molecule is COc1ccc(-c2csc(N/N=C/c3c(OC)cccc3OC)n2)cc1. The first-order valence-corrected chi connectivity index (χ1v) is 8.73. The molecular weight excluding hydrogens is 350 g/mol. The predicted molar refractivity (Wildman–Crippen MR) is 105 cm³/mol. The molecule has 0 unspecified atom stereocenters. The number of methoxy groups -OCH3 is 3. The Morgan fingerprint density at radius 1 is 0.962 bits per heavy atom. The maximum absolute atomic E-state index is 5.35. The summed E-state index contributed by atoms with van der Waals surface area (Å²) < 4.78 is 15.9. The van der Waals surface area contributed by atoms with Crippen molar-refractivity contribution in [2.75, 3.05) is 26.8 Å². The van der Waals surface area contributed by atoms with Gasteiger partial charge in [0.15, 0.2) is 0 Å². The number of aromatic nitrogens is 1. The van der Waals surface area contributed by atoms with Crippen molar-refractivity contribution >= 4 is 22.7 Å². The summed E-state index contributed by atoms with van der Waals surface area (Å²) in [6, 6.07) is 13.3. The molecule has 0 radical (unpaired) electrons. The Hall–Kier alpha value is -3.06. The zero-order valence-electron chi connectivity index (χ0n) is 14.7. The summed E-state index contributed by atoms with van der Waals surface area (Å²) in [6.45, 7) is 0. The van der Waals surface area contributed by atoms with Gasteiger partial charge in [0.1, 0.15) is 17.2 Å². The number of ether oxygens (including phenoxy) is 3. The molecule has 0 saturated carbocycles. The van der Waals surface area contributed by atoms with Gasteiger partial charge in [0.2, 0.25) is 5.13 Å². The number of nitrogens with one attached hydrogen (secondary N) is 1. The molecule has 0 aliphatic rings. The lowest BCUT2D eigenvalue weighted by atomic mass is 10.2. The summed E-state index contributed by atoms with van der Waals surface area (Å²) in [7, 11) is 4.87. The van der Waals surface area contributed by atoms with Crippen molar-refractivity contribution in [3.05, 3.63) is 53.4 Å². The molecule has 0 amide bonds. The molecule has 2 aromatic carbocycles. The van der Waals surface area contributed by atoms with Crippen molar-refractivity contribution < 1.29 is 14.2 Å². The van der Waals surface area contributed by atoms with Crippen LogP contribution in [0, 0.1) is 0 Å². The fourth-order valence-electron chi connectivity index (χ4n) is 2.38. The van der Waals surface area contributed by atoms with Crippen molar-refractivity contribution in [3.63, 3.8) is 0 Å². The van der Waals surface area contributed by atoms with E-state index in [-0.39, 0.29) is 0 Å². The highest BCUT2D eigenvalue weighted by atomic mass is 32.1. The van der Waals surface area contributed by atoms with Crippen LogP contribution in [-0.2, 0) is 0 Å². The quantitative estimate of drug-likeness (QED) is 0.497. The Bertz CT molecular complexity index is 869. The second-order valence-corrected chi connectivity index (χ2v) is 6.07. The van der Waals surface area contributed by atoms with Crippen LogP contribution < -0.4 is 19.6 Å². The first kappa shape index (κ1) is 17.8. The van der Waals surface area contributed by atoms with Crippen molar-refractivity contribution in [1.82, 2.24) is 4.98 Å². The van der Waals surface area contributed by atoms with Gasteiger partial charge >= 0.3 is 0 Å². The third-order valence-electron chi connectivity index (χ3n) is 3.71. The summed E-state index contributed by atoms with van der Waals surface area (Å²) in [5.74, 6) is 2.19. The van der Waals surface area contributed by atoms with Crippen LogP contribution in [0.1, 0.15) is 5.56 Å². The van der Waals surface area contributed by atoms with Crippen LogP contribution in [0.25, 0.3) is 11.3 Å². The second-order valence-electron chi connectivity index (χ2n) is 5.21. The Morgan fingerprint density at radius 3 is 2.27 bits per heavy atom. The van der Waals surface area contributed by atoms with Crippen molar-refractivity contribution in [1.29, 1.82) is 0 Å². The zero-order valence-corrected chi connectivity index (χ0v) is 15.5. The Morgan fingerprint density at radius 2 is 1.65 bits per heavy atom. The Labute approximate surface area is 156 Å². The smallest absolute Gasteiger partial charge is 0.203 e. The molecule has 0 bridgehead atoms. The first-order chi connectivity index (χ1) is 12.7. The van der Waals surface area contributed by atoms with Crippen molar-refractivity contribution in [2.24, 2.45) is 5.10 Å². The molecule has 6 nitrogen and oxygen atoms in total. The number of anilines is 1. The Balaban J connectivity index is 1.73. The molecule has 7 heteroatoms. The molecule has 26 heavy (non-hydrogen) atoms. The standard InChI is InChI=1S/C19H19N3O3S/c1-23-14-9-7-13(8-10-14)16-12-26-19(21-16)22-20-11-15-17(24-2)5-4-6-18(15)25-3/h4-12H,1-3H3,(H,21,22)/b20-11+. The van der Waals surface area contributed by atoms with Gasteiger partial charge < -0.3 is 14.2 Å². The van der Waals surface area contributed by atoms with Crippen molar-refractivity contribution in [3.8, 4) is 28.5 Å². The molecule has 3 rings (SSSR count). The summed E-state index contributed by atoms with van der Waals surface area (Å²) in [6.07, 6.45) is 1.66. The summed E-state index contributed by atoms with van der Waals surface area (Å²) in [4.78, 5) is 4.54. The van der Waals surface area contributed by atoms with Gasteiger partial charge in [-0.2, -0.15) is 5.10 Å². The van der Waals surface area contributed by atoms with E-state index in [0.29, 0.717) is 16.6 Å². The maximum Gasteiger partial charge on any atom is 0.203 e. The van der Waals surface area contributed by atoms with Crippen LogP contribution in [0.15, 0.2) is 52.9 Å². The molecule has 1 heterocycles. The summed E-state index contributed by atoms with van der Waals surface area (Å²) >= 11 is 1.48. The normalized spacial score (nSPS) is 10.7. The molecule has 1 aromatic heterocycles. The third kappa shape index (κ3) is 3.94. The van der Waals surface area contributed by atoms with Crippen LogP contribution in [0.4, 0.5) is 5.13 Å². The van der Waals surface area contributed by atoms with E-state index in [0.717, 1.165) is 22.6 Å². The van der Waals surface area contributed by atoms with Crippen LogP contribution >= 0.6 is 11.3 Å². The fourth-order valence-corrected chi connectivity index (χ4v) is 3.05. The molecule has 0 aliphatic heterocycles. The zero-order chi connectivity index (χ0) is 18.4. The highest BCUT2D eigenvalue weighted by Crippen LogP contribution is 2.28. The van der Waals surface area contributed by atoms with Crippen LogP contribution in [-0.4, -0.2) is 32.5 Å². The fraction of sp³-hybridized carbons (Fsp3) is 0.158. The van der Waals surface area contributed by atoms with E-state index in [1.807, 2.05) is 47.8 Å². The molecule has 134 valence electrons. The molecule has 0 spiro atoms. The van der Waals surface area contributed by atoms with Gasteiger partial charge in [0.25, 0.3) is 0 Å². The molecule has 0 fully saturated rings. The predicted octanol–water partition coefficient (Wildman–Crippen LogP) is 4.28. The lowest BCUT2D eigenvalue weighted by molar-refractivity contribution is 0.393. The lowest BCUT2D eigenvalue weighted by Crippen LogP contribution is -1.97. The monoisotopic (exact) mass is 369 g/mol. The van der Waals surface area contributed by atoms with Gasteiger partial charge in [-0.15, -0.1) is 11.3 Å². The molecule has 0 saturated heterocycles. The molecule has 0 aliphatic carbocycles. The van der Waals surface area contributed by atoms with Gasteiger partial charge in [-0.25, -0.2) is 4.98 Å². The number of hydrogen-bond donors (Lipinski definition) is 1. The second kappa shape index (κ2) is 8.35. The van der Waals surface area contributed by atoms with E-state index < -0.39 is 0 Å². The van der Waals surface area contributed by atoms with Gasteiger partial charge in [-0.1, -0.05) is 6.07 Å². The average Bonchev–Trinajstić information content (AvgIpc) is 3.17. The number of benzene rings is 2. The minimum absolute atomic E-state index is 0.688. The lowest BCUT2D eigenvalue weighted by Gasteiger charge is -2.08. The van der Waals surface area contributed by atoms with Gasteiger partial charge in [-0.3, -0.25) is 5.43 Å². The van der Waals surface area contributed by atoms with Gasteiger partial charge in [0.05, 0.1) is 38.8 Å². The van der Waals surface area contributed by atoms with Crippen molar-refractivity contribution in [2.45, 2.75) is 0 Å². The minimum atomic E-state index is 0.688. The van der Waals surface area contributed by atoms with Crippen LogP contribution in [0.2, 0.25) is 0 Å². The van der Waals surface area contributed by atoms with E-state index in [2.05, 4.69) is 15.5 Å². The van der Waals surface area contributed by atoms with Gasteiger partial charge in [0, 0.05) is 10.9 Å². The number of nitrogens with zero attached hydrogens (tertiary/aromatic N) is 2. The highest BCUT2D eigenvalue weighted by Gasteiger charge is 2.08. The summed E-state index contributed by atoms with van der Waals surface area (Å²) in [5.41, 5.74) is 5.61.